The average Bonchev–Trinajstić information content (AvgIpc) is 2.41. The highest BCUT2D eigenvalue weighted by Gasteiger charge is 2.20. The fraction of sp³-hybridized carbons (Fsp3) is 0.133. The smallest absolute Gasteiger partial charge is 0.342 e. The maximum atomic E-state index is 11.0. The summed E-state index contributed by atoms with van der Waals surface area (Å²) in [7, 11) is 0. The molecule has 0 aliphatic heterocycles. The van der Waals surface area contributed by atoms with Gasteiger partial charge < -0.3 is 5.11 Å². The number of aromatic carboxylic acids is 1. The van der Waals surface area contributed by atoms with Crippen LogP contribution in [0.15, 0.2) is 36.4 Å². The number of nitro groups is 1. The van der Waals surface area contributed by atoms with Gasteiger partial charge in [0.15, 0.2) is 0 Å². The number of aryl methyl sites for hydroxylation is 1. The monoisotopic (exact) mass is 271 g/mol. The molecule has 2 aromatic carbocycles. The van der Waals surface area contributed by atoms with E-state index in [1.165, 1.54) is 12.1 Å². The molecule has 0 atom stereocenters. The molecule has 0 fully saturated rings. The molecular weight excluding hydrogens is 258 g/mol. The molecule has 0 aliphatic rings. The summed E-state index contributed by atoms with van der Waals surface area (Å²) >= 11 is 0. The van der Waals surface area contributed by atoms with Crippen LogP contribution < -0.4 is 0 Å². The molecule has 5 nitrogen and oxygen atoms in total. The fourth-order valence-electron chi connectivity index (χ4n) is 2.09. The van der Waals surface area contributed by atoms with Crippen LogP contribution in [-0.2, 0) is 0 Å². The van der Waals surface area contributed by atoms with Gasteiger partial charge >= 0.3 is 5.97 Å². The molecule has 2 aromatic rings. The lowest BCUT2D eigenvalue weighted by Crippen LogP contribution is -2.02. The summed E-state index contributed by atoms with van der Waals surface area (Å²) in [5, 5.41) is 20.0. The Bertz CT molecular complexity index is 707. The van der Waals surface area contributed by atoms with Gasteiger partial charge in [0.25, 0.3) is 5.69 Å². The molecule has 102 valence electrons. The number of hydrogen-bond acceptors (Lipinski definition) is 3. The van der Waals surface area contributed by atoms with Crippen LogP contribution in [0.3, 0.4) is 0 Å². The van der Waals surface area contributed by atoms with Crippen LogP contribution in [0.2, 0.25) is 0 Å². The minimum absolute atomic E-state index is 0.302. The molecule has 0 saturated heterocycles. The summed E-state index contributed by atoms with van der Waals surface area (Å²) < 4.78 is 0. The van der Waals surface area contributed by atoms with Crippen LogP contribution in [0.4, 0.5) is 5.69 Å². The van der Waals surface area contributed by atoms with Crippen molar-refractivity contribution in [3.05, 3.63) is 63.2 Å². The molecular formula is C15H13NO4. The molecule has 0 saturated carbocycles. The van der Waals surface area contributed by atoms with Gasteiger partial charge in [-0.1, -0.05) is 24.3 Å². The van der Waals surface area contributed by atoms with E-state index in [9.17, 15) is 14.9 Å². The largest absolute Gasteiger partial charge is 0.477 e. The van der Waals surface area contributed by atoms with Crippen LogP contribution >= 0.6 is 0 Å². The highest BCUT2D eigenvalue weighted by atomic mass is 16.6. The first-order valence-electron chi connectivity index (χ1n) is 6.00. The number of hydrogen-bond donors (Lipinski definition) is 1. The Morgan fingerprint density at radius 2 is 1.90 bits per heavy atom. The Hall–Kier alpha value is -2.69. The first-order valence-corrected chi connectivity index (χ1v) is 6.00. The molecule has 0 heterocycles. The Morgan fingerprint density at radius 3 is 2.50 bits per heavy atom. The van der Waals surface area contributed by atoms with Gasteiger partial charge in [0.05, 0.1) is 4.92 Å². The molecule has 5 heteroatoms. The Balaban J connectivity index is 2.65. The summed E-state index contributed by atoms with van der Waals surface area (Å²) in [6, 6.07) is 9.87. The van der Waals surface area contributed by atoms with Crippen molar-refractivity contribution in [2.45, 2.75) is 13.8 Å². The zero-order valence-electron chi connectivity index (χ0n) is 11.1. The van der Waals surface area contributed by atoms with E-state index >= 15 is 0 Å². The van der Waals surface area contributed by atoms with Gasteiger partial charge in [-0.15, -0.1) is 0 Å². The summed E-state index contributed by atoms with van der Waals surface area (Å²) in [4.78, 5) is 21.3. The number of carboxylic acid groups (broad SMARTS) is 1. The lowest BCUT2D eigenvalue weighted by atomic mass is 9.96. The quantitative estimate of drug-likeness (QED) is 0.683. The summed E-state index contributed by atoms with van der Waals surface area (Å²) in [5.41, 5.74) is 2.91. The van der Waals surface area contributed by atoms with Crippen molar-refractivity contribution in [2.75, 3.05) is 0 Å². The maximum Gasteiger partial charge on any atom is 0.342 e. The summed E-state index contributed by atoms with van der Waals surface area (Å²) in [6.07, 6.45) is 0. The van der Waals surface area contributed by atoms with E-state index in [1.54, 1.807) is 6.07 Å². The predicted molar refractivity (Wildman–Crippen MR) is 75.0 cm³/mol. The Kier molecular flexibility index (Phi) is 3.52. The first-order chi connectivity index (χ1) is 9.41. The van der Waals surface area contributed by atoms with E-state index in [-0.39, 0.29) is 5.56 Å². The summed E-state index contributed by atoms with van der Waals surface area (Å²) in [6.45, 7) is 3.89. The van der Waals surface area contributed by atoms with E-state index in [0.717, 1.165) is 16.7 Å². The number of carboxylic acids is 1. The minimum Gasteiger partial charge on any atom is -0.477 e. The van der Waals surface area contributed by atoms with Gasteiger partial charge in [0.2, 0.25) is 0 Å². The molecule has 1 N–H and O–H groups in total. The number of rotatable bonds is 3. The van der Waals surface area contributed by atoms with Gasteiger partial charge in [-0.05, 0) is 42.2 Å². The maximum absolute atomic E-state index is 11.0. The lowest BCUT2D eigenvalue weighted by Gasteiger charge is -2.09. The van der Waals surface area contributed by atoms with Crippen LogP contribution in [0.25, 0.3) is 11.1 Å². The number of carbonyl (C=O) groups is 1. The van der Waals surface area contributed by atoms with Crippen molar-refractivity contribution in [1.82, 2.24) is 0 Å². The number of nitro benzene ring substituents is 1. The third-order valence-electron chi connectivity index (χ3n) is 3.34. The fourth-order valence-corrected chi connectivity index (χ4v) is 2.09. The van der Waals surface area contributed by atoms with Crippen LogP contribution in [0, 0.1) is 24.0 Å². The van der Waals surface area contributed by atoms with E-state index < -0.39 is 16.6 Å². The van der Waals surface area contributed by atoms with E-state index in [1.807, 2.05) is 32.0 Å². The minimum atomic E-state index is -1.30. The van der Waals surface area contributed by atoms with Crippen molar-refractivity contribution in [2.24, 2.45) is 0 Å². The number of nitrogens with zero attached hydrogens (tertiary/aromatic N) is 1. The van der Waals surface area contributed by atoms with Gasteiger partial charge in [-0.2, -0.15) is 0 Å². The van der Waals surface area contributed by atoms with E-state index in [0.29, 0.717) is 5.56 Å². The lowest BCUT2D eigenvalue weighted by molar-refractivity contribution is -0.385. The third-order valence-corrected chi connectivity index (χ3v) is 3.34. The van der Waals surface area contributed by atoms with Crippen LogP contribution in [0.5, 0.6) is 0 Å². The van der Waals surface area contributed by atoms with Crippen molar-refractivity contribution >= 4 is 11.7 Å². The molecule has 0 aliphatic carbocycles. The van der Waals surface area contributed by atoms with Crippen molar-refractivity contribution in [1.29, 1.82) is 0 Å². The molecule has 0 amide bonds. The van der Waals surface area contributed by atoms with Gasteiger partial charge in [0, 0.05) is 6.07 Å². The standard InChI is InChI=1S/C15H13NO4/c1-9-4-3-5-12(10(9)2)11-6-7-13(15(17)18)14(8-11)16(19)20/h3-8H,1-2H3,(H,17,18). The molecule has 0 aromatic heterocycles. The molecule has 2 rings (SSSR count). The summed E-state index contributed by atoms with van der Waals surface area (Å²) in [5.74, 6) is -1.30. The van der Waals surface area contributed by atoms with E-state index in [2.05, 4.69) is 0 Å². The third kappa shape index (κ3) is 2.38. The first kappa shape index (κ1) is 13.7. The molecule has 0 bridgehead atoms. The molecule has 0 spiro atoms. The SMILES string of the molecule is Cc1cccc(-c2ccc(C(=O)O)c([N+](=O)[O-])c2)c1C. The molecule has 20 heavy (non-hydrogen) atoms. The zero-order valence-corrected chi connectivity index (χ0v) is 11.1. The second kappa shape index (κ2) is 5.13. The Labute approximate surface area is 115 Å². The number of benzene rings is 2. The van der Waals surface area contributed by atoms with Gasteiger partial charge in [-0.3, -0.25) is 10.1 Å². The van der Waals surface area contributed by atoms with Crippen LogP contribution in [-0.4, -0.2) is 16.0 Å². The van der Waals surface area contributed by atoms with Crippen molar-refractivity contribution in [3.63, 3.8) is 0 Å². The topological polar surface area (TPSA) is 80.4 Å². The molecule has 0 radical (unpaired) electrons. The zero-order chi connectivity index (χ0) is 14.9. The second-order valence-electron chi connectivity index (χ2n) is 4.54. The average molecular weight is 271 g/mol. The predicted octanol–water partition coefficient (Wildman–Crippen LogP) is 3.58. The Morgan fingerprint density at radius 1 is 1.20 bits per heavy atom. The van der Waals surface area contributed by atoms with Crippen molar-refractivity contribution < 1.29 is 14.8 Å². The second-order valence-corrected chi connectivity index (χ2v) is 4.54. The highest BCUT2D eigenvalue weighted by molar-refractivity contribution is 5.93. The van der Waals surface area contributed by atoms with Crippen LogP contribution in [0.1, 0.15) is 21.5 Å². The van der Waals surface area contributed by atoms with Gasteiger partial charge in [-0.25, -0.2) is 4.79 Å². The van der Waals surface area contributed by atoms with E-state index in [4.69, 9.17) is 5.11 Å². The molecule has 0 unspecified atom stereocenters. The van der Waals surface area contributed by atoms with Gasteiger partial charge in [0.1, 0.15) is 5.56 Å². The highest BCUT2D eigenvalue weighted by Crippen LogP contribution is 2.30. The van der Waals surface area contributed by atoms with Crippen molar-refractivity contribution in [3.8, 4) is 11.1 Å². The normalized spacial score (nSPS) is 10.3.